The average Bonchev–Trinajstić information content (AvgIpc) is 1.98. The summed E-state index contributed by atoms with van der Waals surface area (Å²) in [6.45, 7) is 6.88. The van der Waals surface area contributed by atoms with Crippen molar-refractivity contribution in [2.24, 2.45) is 17.8 Å². The van der Waals surface area contributed by atoms with Crippen molar-refractivity contribution in [3.63, 3.8) is 0 Å². The van der Waals surface area contributed by atoms with Gasteiger partial charge in [-0.15, -0.1) is 0 Å². The van der Waals surface area contributed by atoms with E-state index in [2.05, 4.69) is 32.9 Å². The van der Waals surface area contributed by atoms with Gasteiger partial charge in [0.1, 0.15) is 0 Å². The third-order valence-corrected chi connectivity index (χ3v) is 2.38. The molecular formula is C8H14. The Morgan fingerprint density at radius 2 is 1.25 bits per heavy atom. The van der Waals surface area contributed by atoms with E-state index in [4.69, 9.17) is 0 Å². The molecule has 1 aliphatic carbocycles. The van der Waals surface area contributed by atoms with Crippen LogP contribution in [0.4, 0.5) is 0 Å². The second kappa shape index (κ2) is 1.93. The van der Waals surface area contributed by atoms with E-state index in [9.17, 15) is 0 Å². The monoisotopic (exact) mass is 110 g/mol. The Kier molecular flexibility index (Phi) is 1.41. The largest absolute Gasteiger partial charge is 0.0851 e. The fourth-order valence-electron chi connectivity index (χ4n) is 1.18. The van der Waals surface area contributed by atoms with Crippen molar-refractivity contribution >= 4 is 0 Å². The quantitative estimate of drug-likeness (QED) is 0.420. The first-order valence-corrected chi connectivity index (χ1v) is 3.40. The summed E-state index contributed by atoms with van der Waals surface area (Å²) in [4.78, 5) is 0. The molecule has 0 heteroatoms. The fraction of sp³-hybridized carbons (Fsp3) is 0.750. The molecule has 8 heavy (non-hydrogen) atoms. The predicted octanol–water partition coefficient (Wildman–Crippen LogP) is 2.46. The summed E-state index contributed by atoms with van der Waals surface area (Å²) in [7, 11) is 0. The summed E-state index contributed by atoms with van der Waals surface area (Å²) in [6.07, 6.45) is 4.63. The molecule has 46 valence electrons. The van der Waals surface area contributed by atoms with Crippen molar-refractivity contribution in [2.45, 2.75) is 20.8 Å². The summed E-state index contributed by atoms with van der Waals surface area (Å²) in [5.74, 6) is 2.49. The third-order valence-electron chi connectivity index (χ3n) is 2.38. The van der Waals surface area contributed by atoms with Gasteiger partial charge in [0.25, 0.3) is 0 Å². The lowest BCUT2D eigenvalue weighted by molar-refractivity contribution is 0.406. The summed E-state index contributed by atoms with van der Waals surface area (Å²) >= 11 is 0. The molecule has 0 spiro atoms. The molecule has 2 atom stereocenters. The first kappa shape index (κ1) is 5.87. The van der Waals surface area contributed by atoms with E-state index in [1.54, 1.807) is 0 Å². The zero-order chi connectivity index (χ0) is 6.15. The van der Waals surface area contributed by atoms with Crippen molar-refractivity contribution in [3.8, 4) is 0 Å². The lowest BCUT2D eigenvalue weighted by Crippen LogP contribution is -2.05. The Bertz CT molecular complexity index is 90.6. The van der Waals surface area contributed by atoms with Crippen molar-refractivity contribution in [1.29, 1.82) is 0 Å². The number of hydrogen-bond donors (Lipinski definition) is 0. The molecule has 0 aromatic heterocycles. The first-order valence-electron chi connectivity index (χ1n) is 3.40. The molecule has 0 bridgehead atoms. The minimum atomic E-state index is 0.810. The van der Waals surface area contributed by atoms with Crippen molar-refractivity contribution in [1.82, 2.24) is 0 Å². The smallest absolute Gasteiger partial charge is 0.0231 e. The zero-order valence-corrected chi connectivity index (χ0v) is 5.89. The van der Waals surface area contributed by atoms with Crippen LogP contribution < -0.4 is 0 Å². The molecule has 0 aliphatic heterocycles. The van der Waals surface area contributed by atoms with Gasteiger partial charge in [-0.3, -0.25) is 0 Å². The van der Waals surface area contributed by atoms with Crippen LogP contribution in [-0.2, 0) is 0 Å². The van der Waals surface area contributed by atoms with Crippen LogP contribution in [0.1, 0.15) is 20.8 Å². The van der Waals surface area contributed by atoms with Crippen LogP contribution in [-0.4, -0.2) is 0 Å². The molecule has 0 heterocycles. The molecule has 0 nitrogen and oxygen atoms in total. The molecular weight excluding hydrogens is 96.1 g/mol. The second-order valence-corrected chi connectivity index (χ2v) is 2.96. The van der Waals surface area contributed by atoms with Gasteiger partial charge in [0.2, 0.25) is 0 Å². The first-order chi connectivity index (χ1) is 3.72. The van der Waals surface area contributed by atoms with E-state index in [1.807, 2.05) is 0 Å². The molecule has 1 rings (SSSR count). The van der Waals surface area contributed by atoms with Crippen LogP contribution in [0.2, 0.25) is 0 Å². The molecule has 0 amide bonds. The topological polar surface area (TPSA) is 0 Å². The van der Waals surface area contributed by atoms with Crippen LogP contribution in [0.3, 0.4) is 0 Å². The molecule has 0 aromatic carbocycles. The number of hydrogen-bond acceptors (Lipinski definition) is 0. The van der Waals surface area contributed by atoms with Gasteiger partial charge in [-0.2, -0.15) is 0 Å². The summed E-state index contributed by atoms with van der Waals surface area (Å²) in [6, 6.07) is 0. The molecule has 0 N–H and O–H groups in total. The highest BCUT2D eigenvalue weighted by Crippen LogP contribution is 2.28. The predicted molar refractivity (Wildman–Crippen MR) is 36.6 cm³/mol. The minimum absolute atomic E-state index is 0.810. The molecule has 0 fully saturated rings. The van der Waals surface area contributed by atoms with Crippen LogP contribution in [0.25, 0.3) is 0 Å². The van der Waals surface area contributed by atoms with E-state index in [0.717, 1.165) is 17.8 Å². The Morgan fingerprint density at radius 3 is 1.38 bits per heavy atom. The summed E-state index contributed by atoms with van der Waals surface area (Å²) in [5, 5.41) is 0. The van der Waals surface area contributed by atoms with Gasteiger partial charge in [0, 0.05) is 0 Å². The van der Waals surface area contributed by atoms with Crippen LogP contribution in [0.15, 0.2) is 12.2 Å². The van der Waals surface area contributed by atoms with Crippen LogP contribution in [0.5, 0.6) is 0 Å². The second-order valence-electron chi connectivity index (χ2n) is 2.96. The lowest BCUT2D eigenvalue weighted by atomic mass is 9.93. The standard InChI is InChI=1S/C8H14/c1-6-4-5-7(2)8(6)3/h4-8H,1-3H3. The normalized spacial score (nSPS) is 45.6. The Hall–Kier alpha value is -0.260. The molecule has 0 aromatic rings. The van der Waals surface area contributed by atoms with Crippen LogP contribution >= 0.6 is 0 Å². The molecule has 0 radical (unpaired) electrons. The van der Waals surface area contributed by atoms with Gasteiger partial charge < -0.3 is 0 Å². The Balaban J connectivity index is 2.55. The van der Waals surface area contributed by atoms with E-state index >= 15 is 0 Å². The van der Waals surface area contributed by atoms with Gasteiger partial charge in [-0.05, 0) is 17.8 Å². The van der Waals surface area contributed by atoms with Crippen molar-refractivity contribution in [2.75, 3.05) is 0 Å². The van der Waals surface area contributed by atoms with Gasteiger partial charge >= 0.3 is 0 Å². The van der Waals surface area contributed by atoms with Gasteiger partial charge in [0.15, 0.2) is 0 Å². The van der Waals surface area contributed by atoms with E-state index in [-0.39, 0.29) is 0 Å². The third kappa shape index (κ3) is 0.795. The van der Waals surface area contributed by atoms with Crippen molar-refractivity contribution in [3.05, 3.63) is 12.2 Å². The average molecular weight is 110 g/mol. The van der Waals surface area contributed by atoms with E-state index in [1.165, 1.54) is 0 Å². The summed E-state index contributed by atoms with van der Waals surface area (Å²) < 4.78 is 0. The maximum atomic E-state index is 2.31. The van der Waals surface area contributed by atoms with Gasteiger partial charge in [-0.25, -0.2) is 0 Å². The lowest BCUT2D eigenvalue weighted by Gasteiger charge is -2.12. The van der Waals surface area contributed by atoms with Crippen LogP contribution in [0, 0.1) is 17.8 Å². The molecule has 0 saturated carbocycles. The van der Waals surface area contributed by atoms with E-state index in [0.29, 0.717) is 0 Å². The number of allylic oxidation sites excluding steroid dienone is 2. The SMILES string of the molecule is CC1C=CC(C)C1C. The zero-order valence-electron chi connectivity index (χ0n) is 5.89. The maximum Gasteiger partial charge on any atom is -0.0231 e. The molecule has 1 aliphatic rings. The molecule has 2 unspecified atom stereocenters. The van der Waals surface area contributed by atoms with Crippen molar-refractivity contribution < 1.29 is 0 Å². The minimum Gasteiger partial charge on any atom is -0.0851 e. The van der Waals surface area contributed by atoms with Gasteiger partial charge in [-0.1, -0.05) is 32.9 Å². The number of rotatable bonds is 0. The van der Waals surface area contributed by atoms with Gasteiger partial charge in [0.05, 0.1) is 0 Å². The highest BCUT2D eigenvalue weighted by molar-refractivity contribution is 5.02. The summed E-state index contributed by atoms with van der Waals surface area (Å²) in [5.41, 5.74) is 0. The highest BCUT2D eigenvalue weighted by atomic mass is 14.2. The van der Waals surface area contributed by atoms with E-state index < -0.39 is 0 Å². The maximum absolute atomic E-state index is 2.31. The highest BCUT2D eigenvalue weighted by Gasteiger charge is 2.19. The Labute approximate surface area is 51.6 Å². The molecule has 0 saturated heterocycles. The fourth-order valence-corrected chi connectivity index (χ4v) is 1.18. The Morgan fingerprint density at radius 1 is 0.875 bits per heavy atom.